The van der Waals surface area contributed by atoms with Crippen LogP contribution in [0.5, 0.6) is 5.75 Å². The molecule has 1 rings (SSSR count). The Morgan fingerprint density at radius 3 is 2.53 bits per heavy atom. The van der Waals surface area contributed by atoms with E-state index in [2.05, 4.69) is 15.9 Å². The average molecular weight is 305 g/mol. The number of carbonyl (C=O) groups excluding carboxylic acids is 1. The molecule has 0 amide bonds. The Morgan fingerprint density at radius 2 is 2.00 bits per heavy atom. The highest BCUT2D eigenvalue weighted by Gasteiger charge is 2.16. The summed E-state index contributed by atoms with van der Waals surface area (Å²) in [5, 5.41) is 0. The summed E-state index contributed by atoms with van der Waals surface area (Å²) in [5.74, 6) is -0.640. The average Bonchev–Trinajstić information content (AvgIpc) is 2.10. The molecule has 0 aliphatic rings. The SMILES string of the molecule is CC(C)(C)OC(=O)COc1cc(F)cc(Br)c1. The maximum absolute atomic E-state index is 13.0. The van der Waals surface area contributed by atoms with Gasteiger partial charge in [-0.1, -0.05) is 15.9 Å². The molecule has 0 aliphatic heterocycles. The van der Waals surface area contributed by atoms with Gasteiger partial charge in [-0.15, -0.1) is 0 Å². The van der Waals surface area contributed by atoms with Crippen molar-refractivity contribution in [2.75, 3.05) is 6.61 Å². The third kappa shape index (κ3) is 5.68. The van der Waals surface area contributed by atoms with Crippen LogP contribution in [-0.2, 0) is 9.53 Å². The molecule has 3 nitrogen and oxygen atoms in total. The first-order valence-electron chi connectivity index (χ1n) is 5.07. The van der Waals surface area contributed by atoms with Gasteiger partial charge in [-0.2, -0.15) is 0 Å². The lowest BCUT2D eigenvalue weighted by Gasteiger charge is -2.19. The summed E-state index contributed by atoms with van der Waals surface area (Å²) in [6, 6.07) is 4.09. The van der Waals surface area contributed by atoms with E-state index in [4.69, 9.17) is 9.47 Å². The first kappa shape index (κ1) is 14.0. The van der Waals surface area contributed by atoms with Gasteiger partial charge in [0.05, 0.1) is 0 Å². The van der Waals surface area contributed by atoms with E-state index >= 15 is 0 Å². The van der Waals surface area contributed by atoms with Gasteiger partial charge < -0.3 is 9.47 Å². The molecule has 0 radical (unpaired) electrons. The second kappa shape index (κ2) is 5.49. The van der Waals surface area contributed by atoms with Crippen molar-refractivity contribution in [3.63, 3.8) is 0 Å². The van der Waals surface area contributed by atoms with Crippen LogP contribution >= 0.6 is 15.9 Å². The number of carbonyl (C=O) groups is 1. The molecule has 5 heteroatoms. The minimum absolute atomic E-state index is 0.243. The highest BCUT2D eigenvalue weighted by Crippen LogP contribution is 2.20. The number of halogens is 2. The molecule has 0 saturated heterocycles. The van der Waals surface area contributed by atoms with Crippen molar-refractivity contribution >= 4 is 21.9 Å². The number of ether oxygens (including phenoxy) is 2. The molecule has 0 aliphatic carbocycles. The van der Waals surface area contributed by atoms with Crippen molar-refractivity contribution in [1.29, 1.82) is 0 Å². The molecular formula is C12H14BrFO3. The minimum Gasteiger partial charge on any atom is -0.482 e. The lowest BCUT2D eigenvalue weighted by Crippen LogP contribution is -2.27. The monoisotopic (exact) mass is 304 g/mol. The Bertz CT molecular complexity index is 392. The summed E-state index contributed by atoms with van der Waals surface area (Å²) in [6.45, 7) is 5.06. The number of hydrogen-bond donors (Lipinski definition) is 0. The summed E-state index contributed by atoms with van der Waals surface area (Å²) in [6.07, 6.45) is 0. The van der Waals surface area contributed by atoms with E-state index in [1.165, 1.54) is 12.1 Å². The van der Waals surface area contributed by atoms with Crippen LogP contribution in [0, 0.1) is 5.82 Å². The van der Waals surface area contributed by atoms with Crippen LogP contribution in [0.1, 0.15) is 20.8 Å². The Balaban J connectivity index is 2.53. The predicted octanol–water partition coefficient (Wildman–Crippen LogP) is 3.31. The van der Waals surface area contributed by atoms with Crippen LogP contribution in [0.3, 0.4) is 0 Å². The Kier molecular flexibility index (Phi) is 4.51. The van der Waals surface area contributed by atoms with Crippen molar-refractivity contribution in [2.24, 2.45) is 0 Å². The molecule has 0 aromatic heterocycles. The smallest absolute Gasteiger partial charge is 0.344 e. The molecule has 0 unspecified atom stereocenters. The van der Waals surface area contributed by atoms with Crippen LogP contribution in [0.25, 0.3) is 0 Å². The molecule has 0 fully saturated rings. The summed E-state index contributed by atoms with van der Waals surface area (Å²) < 4.78 is 23.7. The fraction of sp³-hybridized carbons (Fsp3) is 0.417. The number of hydrogen-bond acceptors (Lipinski definition) is 3. The number of rotatable bonds is 3. The normalized spacial score (nSPS) is 11.1. The molecule has 0 heterocycles. The number of esters is 1. The van der Waals surface area contributed by atoms with Gasteiger partial charge in [0.25, 0.3) is 0 Å². The van der Waals surface area contributed by atoms with Crippen molar-refractivity contribution in [3.8, 4) is 5.75 Å². The van der Waals surface area contributed by atoms with Gasteiger partial charge in [-0.05, 0) is 32.9 Å². The standard InChI is InChI=1S/C12H14BrFO3/c1-12(2,3)17-11(15)7-16-10-5-8(13)4-9(14)6-10/h4-6H,7H2,1-3H3. The van der Waals surface area contributed by atoms with E-state index in [-0.39, 0.29) is 12.4 Å². The van der Waals surface area contributed by atoms with Gasteiger partial charge >= 0.3 is 5.97 Å². The Labute approximate surface area is 108 Å². The number of benzene rings is 1. The van der Waals surface area contributed by atoms with E-state index in [1.54, 1.807) is 26.8 Å². The van der Waals surface area contributed by atoms with Crippen LogP contribution in [-0.4, -0.2) is 18.2 Å². The lowest BCUT2D eigenvalue weighted by molar-refractivity contribution is -0.157. The third-order valence-corrected chi connectivity index (χ3v) is 2.07. The summed E-state index contributed by atoms with van der Waals surface area (Å²) in [4.78, 5) is 11.3. The highest BCUT2D eigenvalue weighted by atomic mass is 79.9. The summed E-state index contributed by atoms with van der Waals surface area (Å²) in [7, 11) is 0. The second-order valence-corrected chi connectivity index (χ2v) is 5.40. The second-order valence-electron chi connectivity index (χ2n) is 4.48. The molecule has 0 bridgehead atoms. The molecule has 1 aromatic rings. The molecule has 1 aromatic carbocycles. The molecule has 94 valence electrons. The Morgan fingerprint density at radius 1 is 1.35 bits per heavy atom. The predicted molar refractivity (Wildman–Crippen MR) is 65.4 cm³/mol. The molecule has 17 heavy (non-hydrogen) atoms. The van der Waals surface area contributed by atoms with Gasteiger partial charge in [-0.25, -0.2) is 9.18 Å². The van der Waals surface area contributed by atoms with Crippen molar-refractivity contribution < 1.29 is 18.7 Å². The van der Waals surface area contributed by atoms with E-state index in [0.717, 1.165) is 0 Å². The van der Waals surface area contributed by atoms with E-state index in [0.29, 0.717) is 4.47 Å². The van der Waals surface area contributed by atoms with Crippen molar-refractivity contribution in [3.05, 3.63) is 28.5 Å². The van der Waals surface area contributed by atoms with E-state index in [9.17, 15) is 9.18 Å². The molecule has 0 saturated carbocycles. The first-order valence-corrected chi connectivity index (χ1v) is 5.86. The fourth-order valence-electron chi connectivity index (χ4n) is 1.13. The quantitative estimate of drug-likeness (QED) is 0.804. The molecular weight excluding hydrogens is 291 g/mol. The van der Waals surface area contributed by atoms with Crippen molar-refractivity contribution in [1.82, 2.24) is 0 Å². The maximum atomic E-state index is 13.0. The van der Waals surface area contributed by atoms with Crippen LogP contribution in [0.4, 0.5) is 4.39 Å². The summed E-state index contributed by atoms with van der Waals surface area (Å²) >= 11 is 3.13. The molecule has 0 spiro atoms. The minimum atomic E-state index is -0.553. The van der Waals surface area contributed by atoms with Gasteiger partial charge in [-0.3, -0.25) is 0 Å². The third-order valence-electron chi connectivity index (χ3n) is 1.61. The maximum Gasteiger partial charge on any atom is 0.344 e. The Hall–Kier alpha value is -1.10. The van der Waals surface area contributed by atoms with Crippen LogP contribution in [0.2, 0.25) is 0 Å². The summed E-state index contributed by atoms with van der Waals surface area (Å²) in [5.41, 5.74) is -0.553. The topological polar surface area (TPSA) is 35.5 Å². The highest BCUT2D eigenvalue weighted by molar-refractivity contribution is 9.10. The van der Waals surface area contributed by atoms with Gasteiger partial charge in [0, 0.05) is 10.5 Å². The first-order chi connectivity index (χ1) is 7.76. The zero-order valence-electron chi connectivity index (χ0n) is 9.92. The lowest BCUT2D eigenvalue weighted by atomic mass is 10.2. The van der Waals surface area contributed by atoms with Gasteiger partial charge in [0.1, 0.15) is 17.2 Å². The zero-order chi connectivity index (χ0) is 13.1. The van der Waals surface area contributed by atoms with Gasteiger partial charge in [0.15, 0.2) is 6.61 Å². The molecule has 0 atom stereocenters. The van der Waals surface area contributed by atoms with Crippen molar-refractivity contribution in [2.45, 2.75) is 26.4 Å². The fourth-order valence-corrected chi connectivity index (χ4v) is 1.57. The largest absolute Gasteiger partial charge is 0.482 e. The van der Waals surface area contributed by atoms with E-state index < -0.39 is 17.4 Å². The zero-order valence-corrected chi connectivity index (χ0v) is 11.5. The van der Waals surface area contributed by atoms with Crippen LogP contribution < -0.4 is 4.74 Å². The van der Waals surface area contributed by atoms with Gasteiger partial charge in [0.2, 0.25) is 0 Å². The van der Waals surface area contributed by atoms with Crippen LogP contribution in [0.15, 0.2) is 22.7 Å². The van der Waals surface area contributed by atoms with E-state index in [1.807, 2.05) is 0 Å². The molecule has 0 N–H and O–H groups in total.